The van der Waals surface area contributed by atoms with E-state index in [1.807, 2.05) is 59.1 Å². The molecule has 0 N–H and O–H groups in total. The van der Waals surface area contributed by atoms with E-state index in [-0.39, 0.29) is 5.78 Å². The molecule has 0 amide bonds. The summed E-state index contributed by atoms with van der Waals surface area (Å²) >= 11 is 0. The van der Waals surface area contributed by atoms with Crippen molar-refractivity contribution in [2.45, 2.75) is 20.3 Å². The van der Waals surface area contributed by atoms with Crippen LogP contribution in [-0.4, -0.2) is 15.2 Å². The van der Waals surface area contributed by atoms with E-state index in [1.165, 1.54) is 0 Å². The molecule has 0 fully saturated rings. The van der Waals surface area contributed by atoms with Gasteiger partial charge in [0, 0.05) is 11.8 Å². The topological polar surface area (TPSA) is 34.4 Å². The van der Waals surface area contributed by atoms with E-state index < -0.39 is 0 Å². The molecule has 0 radical (unpaired) electrons. The third kappa shape index (κ3) is 2.59. The van der Waals surface area contributed by atoms with Crippen LogP contribution in [-0.2, 0) is 6.42 Å². The summed E-state index contributed by atoms with van der Waals surface area (Å²) in [5, 5.41) is 0. The summed E-state index contributed by atoms with van der Waals surface area (Å²) in [7, 11) is 0. The number of hydrogen-bond acceptors (Lipinski definition) is 2. The van der Waals surface area contributed by atoms with Crippen molar-refractivity contribution in [3.05, 3.63) is 71.8 Å². The van der Waals surface area contributed by atoms with Gasteiger partial charge in [-0.25, -0.2) is 4.98 Å². The van der Waals surface area contributed by atoms with Crippen LogP contribution in [0, 0.1) is 5.92 Å². The molecule has 0 bridgehead atoms. The van der Waals surface area contributed by atoms with Crippen LogP contribution in [0.1, 0.15) is 35.7 Å². The van der Waals surface area contributed by atoms with Crippen molar-refractivity contribution in [3.63, 3.8) is 0 Å². The molecule has 0 atom stereocenters. The van der Waals surface area contributed by atoms with Gasteiger partial charge in [0.15, 0.2) is 5.82 Å². The molecule has 1 aromatic carbocycles. The molecular weight excluding hydrogens is 260 g/mol. The third-order valence-electron chi connectivity index (χ3n) is 3.47. The van der Waals surface area contributed by atoms with Gasteiger partial charge in [-0.15, -0.1) is 0 Å². The fraction of sp³-hybridized carbons (Fsp3) is 0.222. The first kappa shape index (κ1) is 13.6. The number of aromatic nitrogens is 2. The van der Waals surface area contributed by atoms with Crippen molar-refractivity contribution < 1.29 is 4.79 Å². The highest BCUT2D eigenvalue weighted by molar-refractivity contribution is 6.07. The second-order valence-electron chi connectivity index (χ2n) is 5.63. The van der Waals surface area contributed by atoms with Crippen LogP contribution in [0.2, 0.25) is 0 Å². The number of pyridine rings is 1. The quantitative estimate of drug-likeness (QED) is 0.681. The molecule has 2 aromatic heterocycles. The van der Waals surface area contributed by atoms with E-state index >= 15 is 0 Å². The van der Waals surface area contributed by atoms with Gasteiger partial charge in [0.25, 0.3) is 0 Å². The number of rotatable bonds is 4. The van der Waals surface area contributed by atoms with E-state index in [9.17, 15) is 4.79 Å². The molecular formula is C18H18N2O. The van der Waals surface area contributed by atoms with Crippen LogP contribution in [0.25, 0.3) is 5.52 Å². The van der Waals surface area contributed by atoms with Crippen molar-refractivity contribution in [1.82, 2.24) is 9.38 Å². The number of benzene rings is 1. The Kier molecular flexibility index (Phi) is 3.57. The zero-order valence-electron chi connectivity index (χ0n) is 12.3. The van der Waals surface area contributed by atoms with Crippen molar-refractivity contribution in [2.24, 2.45) is 5.92 Å². The number of ketones is 1. The Hall–Kier alpha value is -2.42. The van der Waals surface area contributed by atoms with E-state index in [0.29, 0.717) is 17.3 Å². The number of carbonyl (C=O) groups excluding carboxylic acids is 1. The van der Waals surface area contributed by atoms with E-state index in [2.05, 4.69) is 18.8 Å². The Morgan fingerprint density at radius 3 is 2.52 bits per heavy atom. The Labute approximate surface area is 124 Å². The smallest absolute Gasteiger partial charge is 0.228 e. The Morgan fingerprint density at radius 1 is 1.10 bits per heavy atom. The van der Waals surface area contributed by atoms with Gasteiger partial charge in [-0.2, -0.15) is 0 Å². The molecule has 0 aliphatic rings. The summed E-state index contributed by atoms with van der Waals surface area (Å²) in [4.78, 5) is 17.3. The molecule has 2 heterocycles. The van der Waals surface area contributed by atoms with Crippen molar-refractivity contribution in [2.75, 3.05) is 0 Å². The van der Waals surface area contributed by atoms with Crippen LogP contribution >= 0.6 is 0 Å². The van der Waals surface area contributed by atoms with Gasteiger partial charge in [-0.1, -0.05) is 50.2 Å². The number of nitrogens with zero attached hydrogens (tertiary/aromatic N) is 2. The second-order valence-corrected chi connectivity index (χ2v) is 5.63. The van der Waals surface area contributed by atoms with E-state index in [4.69, 9.17) is 0 Å². The van der Waals surface area contributed by atoms with E-state index in [1.54, 1.807) is 0 Å². The molecule has 0 unspecified atom stereocenters. The van der Waals surface area contributed by atoms with Gasteiger partial charge >= 0.3 is 0 Å². The molecule has 0 spiro atoms. The molecule has 106 valence electrons. The third-order valence-corrected chi connectivity index (χ3v) is 3.47. The zero-order chi connectivity index (χ0) is 14.8. The number of fused-ring (bicyclic) bond motifs is 1. The van der Waals surface area contributed by atoms with Crippen molar-refractivity contribution in [3.8, 4) is 0 Å². The summed E-state index contributed by atoms with van der Waals surface area (Å²) in [6, 6.07) is 15.2. The minimum Gasteiger partial charge on any atom is -0.297 e. The molecule has 0 aliphatic heterocycles. The van der Waals surface area contributed by atoms with Crippen LogP contribution in [0.3, 0.4) is 0 Å². The Bertz CT molecular complexity index is 772. The number of carbonyl (C=O) groups is 1. The molecule has 3 rings (SSSR count). The average Bonchev–Trinajstić information content (AvgIpc) is 2.86. The summed E-state index contributed by atoms with van der Waals surface area (Å²) in [5.74, 6) is 0.961. The van der Waals surface area contributed by atoms with Crippen LogP contribution in [0.4, 0.5) is 0 Å². The molecule has 21 heavy (non-hydrogen) atoms. The second kappa shape index (κ2) is 5.52. The van der Waals surface area contributed by atoms with Crippen LogP contribution in [0.5, 0.6) is 0 Å². The number of hydrogen-bond donors (Lipinski definition) is 0. The normalized spacial score (nSPS) is 11.2. The van der Waals surface area contributed by atoms with Gasteiger partial charge in [0.1, 0.15) is 0 Å². The fourth-order valence-corrected chi connectivity index (χ4v) is 2.52. The number of imidazole rings is 1. The lowest BCUT2D eigenvalue weighted by atomic mass is 10.1. The highest BCUT2D eigenvalue weighted by Gasteiger charge is 2.18. The molecule has 0 aliphatic carbocycles. The lowest BCUT2D eigenvalue weighted by molar-refractivity contribution is 0.102. The predicted octanol–water partition coefficient (Wildman–Crippen LogP) is 3.76. The molecule has 0 saturated carbocycles. The predicted molar refractivity (Wildman–Crippen MR) is 83.6 cm³/mol. The lowest BCUT2D eigenvalue weighted by Gasteiger charge is -2.01. The highest BCUT2D eigenvalue weighted by Crippen LogP contribution is 2.19. The Morgan fingerprint density at radius 2 is 1.81 bits per heavy atom. The first-order chi connectivity index (χ1) is 10.2. The van der Waals surface area contributed by atoms with Crippen molar-refractivity contribution >= 4 is 11.3 Å². The van der Waals surface area contributed by atoms with Gasteiger partial charge in [0.2, 0.25) is 5.78 Å². The van der Waals surface area contributed by atoms with Gasteiger partial charge in [-0.3, -0.25) is 9.20 Å². The highest BCUT2D eigenvalue weighted by atomic mass is 16.1. The summed E-state index contributed by atoms with van der Waals surface area (Å²) in [6.07, 6.45) is 2.78. The molecule has 3 aromatic rings. The maximum absolute atomic E-state index is 12.7. The van der Waals surface area contributed by atoms with E-state index in [0.717, 1.165) is 17.6 Å². The summed E-state index contributed by atoms with van der Waals surface area (Å²) < 4.78 is 1.90. The zero-order valence-corrected chi connectivity index (χ0v) is 12.3. The SMILES string of the molecule is CC(C)Cc1nc(C(=O)c2ccccc2)n2ccccc12. The van der Waals surface area contributed by atoms with Gasteiger partial charge in [0.05, 0.1) is 11.2 Å². The van der Waals surface area contributed by atoms with Crippen LogP contribution in [0.15, 0.2) is 54.7 Å². The van der Waals surface area contributed by atoms with Crippen LogP contribution < -0.4 is 0 Å². The first-order valence-electron chi connectivity index (χ1n) is 7.22. The minimum absolute atomic E-state index is 0.0354. The van der Waals surface area contributed by atoms with Gasteiger partial charge < -0.3 is 0 Å². The lowest BCUT2D eigenvalue weighted by Crippen LogP contribution is -2.06. The maximum atomic E-state index is 12.7. The maximum Gasteiger partial charge on any atom is 0.228 e. The summed E-state index contributed by atoms with van der Waals surface area (Å²) in [6.45, 7) is 4.32. The standard InChI is InChI=1S/C18H18N2O/c1-13(2)12-15-16-10-6-7-11-20(16)18(19-15)17(21)14-8-4-3-5-9-14/h3-11,13H,12H2,1-2H3. The average molecular weight is 278 g/mol. The molecule has 3 heteroatoms. The van der Waals surface area contributed by atoms with Crippen molar-refractivity contribution in [1.29, 1.82) is 0 Å². The largest absolute Gasteiger partial charge is 0.297 e. The monoisotopic (exact) mass is 278 g/mol. The fourth-order valence-electron chi connectivity index (χ4n) is 2.52. The Balaban J connectivity index is 2.13. The molecule has 0 saturated heterocycles. The summed E-state index contributed by atoms with van der Waals surface area (Å²) in [5.41, 5.74) is 2.68. The molecule has 3 nitrogen and oxygen atoms in total. The minimum atomic E-state index is -0.0354. The van der Waals surface area contributed by atoms with Gasteiger partial charge in [-0.05, 0) is 24.5 Å². The first-order valence-corrected chi connectivity index (χ1v) is 7.22.